The Morgan fingerprint density at radius 2 is 2.00 bits per heavy atom. The van der Waals surface area contributed by atoms with E-state index in [0.717, 1.165) is 6.07 Å². The van der Waals surface area contributed by atoms with E-state index in [-0.39, 0.29) is 4.47 Å². The predicted octanol–water partition coefficient (Wildman–Crippen LogP) is 1.86. The standard InChI is InChI=1S/C8H4BrFO3/c9-4-2-1-3-5(10)6(4)7(11)8(12)13/h1-3H,(H,12,13). The average Bonchev–Trinajstić information content (AvgIpc) is 2.03. The number of carbonyl (C=O) groups excluding carboxylic acids is 1. The van der Waals surface area contributed by atoms with Crippen LogP contribution >= 0.6 is 15.9 Å². The Balaban J connectivity index is 3.28. The van der Waals surface area contributed by atoms with Crippen LogP contribution in [-0.2, 0) is 4.79 Å². The van der Waals surface area contributed by atoms with Gasteiger partial charge in [-0.25, -0.2) is 9.18 Å². The summed E-state index contributed by atoms with van der Waals surface area (Å²) in [7, 11) is 0. The second-order valence-electron chi connectivity index (χ2n) is 2.23. The Hall–Kier alpha value is -1.23. The molecule has 68 valence electrons. The van der Waals surface area contributed by atoms with Crippen molar-refractivity contribution in [1.82, 2.24) is 0 Å². The molecule has 1 rings (SSSR count). The van der Waals surface area contributed by atoms with E-state index >= 15 is 0 Å². The molecule has 0 bridgehead atoms. The molecule has 0 fully saturated rings. The van der Waals surface area contributed by atoms with Crippen LogP contribution < -0.4 is 0 Å². The van der Waals surface area contributed by atoms with E-state index in [4.69, 9.17) is 5.11 Å². The largest absolute Gasteiger partial charge is 0.475 e. The lowest BCUT2D eigenvalue weighted by Gasteiger charge is -2.00. The smallest absolute Gasteiger partial charge is 0.377 e. The molecule has 3 nitrogen and oxygen atoms in total. The lowest BCUT2D eigenvalue weighted by atomic mass is 10.1. The van der Waals surface area contributed by atoms with Crippen molar-refractivity contribution in [1.29, 1.82) is 0 Å². The van der Waals surface area contributed by atoms with Gasteiger partial charge in [0.05, 0.1) is 5.56 Å². The lowest BCUT2D eigenvalue weighted by Crippen LogP contribution is -2.15. The van der Waals surface area contributed by atoms with Gasteiger partial charge in [0.2, 0.25) is 0 Å². The Kier molecular flexibility index (Phi) is 2.77. The Morgan fingerprint density at radius 1 is 1.38 bits per heavy atom. The van der Waals surface area contributed by atoms with E-state index in [1.54, 1.807) is 0 Å². The summed E-state index contributed by atoms with van der Waals surface area (Å²) in [6.45, 7) is 0. The molecule has 0 spiro atoms. The number of carboxylic acid groups (broad SMARTS) is 1. The van der Waals surface area contributed by atoms with Gasteiger partial charge in [-0.2, -0.15) is 0 Å². The average molecular weight is 247 g/mol. The quantitative estimate of drug-likeness (QED) is 0.640. The zero-order valence-electron chi connectivity index (χ0n) is 6.25. The molecule has 0 heterocycles. The highest BCUT2D eigenvalue weighted by molar-refractivity contribution is 9.10. The van der Waals surface area contributed by atoms with E-state index in [2.05, 4.69) is 15.9 Å². The molecule has 5 heteroatoms. The summed E-state index contributed by atoms with van der Waals surface area (Å²) < 4.78 is 13.1. The van der Waals surface area contributed by atoms with Crippen LogP contribution in [0.5, 0.6) is 0 Å². The maximum Gasteiger partial charge on any atom is 0.377 e. The molecule has 0 saturated carbocycles. The van der Waals surface area contributed by atoms with Crippen molar-refractivity contribution < 1.29 is 19.1 Å². The zero-order chi connectivity index (χ0) is 10.0. The van der Waals surface area contributed by atoms with Crippen LogP contribution in [0, 0.1) is 5.82 Å². The summed E-state index contributed by atoms with van der Waals surface area (Å²) in [4.78, 5) is 21.2. The maximum absolute atomic E-state index is 12.9. The molecule has 0 radical (unpaired) electrons. The highest BCUT2D eigenvalue weighted by Crippen LogP contribution is 2.19. The molecule has 1 N–H and O–H groups in total. The van der Waals surface area contributed by atoms with Crippen molar-refractivity contribution in [2.45, 2.75) is 0 Å². The number of carbonyl (C=O) groups is 2. The van der Waals surface area contributed by atoms with Gasteiger partial charge in [-0.15, -0.1) is 0 Å². The SMILES string of the molecule is O=C(O)C(=O)c1c(F)cccc1Br. The number of halogens is 2. The van der Waals surface area contributed by atoms with Crippen molar-refractivity contribution in [2.75, 3.05) is 0 Å². The number of benzene rings is 1. The number of hydrogen-bond acceptors (Lipinski definition) is 2. The molecular formula is C8H4BrFO3. The summed E-state index contributed by atoms with van der Waals surface area (Å²) in [6.07, 6.45) is 0. The minimum atomic E-state index is -1.68. The molecule has 0 aromatic heterocycles. The molecule has 0 amide bonds. The summed E-state index contributed by atoms with van der Waals surface area (Å²) in [5, 5.41) is 8.35. The highest BCUT2D eigenvalue weighted by atomic mass is 79.9. The van der Waals surface area contributed by atoms with Crippen LogP contribution in [0.15, 0.2) is 22.7 Å². The second kappa shape index (κ2) is 3.66. The maximum atomic E-state index is 12.9. The number of ketones is 1. The topological polar surface area (TPSA) is 54.4 Å². The molecule has 1 aromatic rings. The Labute approximate surface area is 81.3 Å². The zero-order valence-corrected chi connectivity index (χ0v) is 7.84. The summed E-state index contributed by atoms with van der Waals surface area (Å²) >= 11 is 2.89. The predicted molar refractivity (Wildman–Crippen MR) is 46.1 cm³/mol. The third-order valence-electron chi connectivity index (χ3n) is 1.38. The van der Waals surface area contributed by atoms with Crippen LogP contribution in [0.3, 0.4) is 0 Å². The van der Waals surface area contributed by atoms with Gasteiger partial charge in [-0.1, -0.05) is 6.07 Å². The number of hydrogen-bond donors (Lipinski definition) is 1. The van der Waals surface area contributed by atoms with Gasteiger partial charge in [-0.05, 0) is 28.1 Å². The molecule has 0 aliphatic carbocycles. The van der Waals surface area contributed by atoms with Gasteiger partial charge < -0.3 is 5.11 Å². The first-order chi connectivity index (χ1) is 6.04. The number of rotatable bonds is 2. The first-order valence-corrected chi connectivity index (χ1v) is 4.05. The fourth-order valence-electron chi connectivity index (χ4n) is 0.822. The van der Waals surface area contributed by atoms with Crippen molar-refractivity contribution in [3.63, 3.8) is 0 Å². The summed E-state index contributed by atoms with van der Waals surface area (Å²) in [5.74, 6) is -3.78. The number of Topliss-reactive ketones (excluding diaryl/α,β-unsaturated/α-hetero) is 1. The Bertz CT molecular complexity index is 355. The molecule has 13 heavy (non-hydrogen) atoms. The van der Waals surface area contributed by atoms with Gasteiger partial charge in [0.25, 0.3) is 5.78 Å². The van der Waals surface area contributed by atoms with E-state index in [1.165, 1.54) is 12.1 Å². The van der Waals surface area contributed by atoms with Gasteiger partial charge in [-0.3, -0.25) is 4.79 Å². The molecule has 0 aliphatic rings. The Morgan fingerprint density at radius 3 is 2.46 bits per heavy atom. The lowest BCUT2D eigenvalue weighted by molar-refractivity contribution is -0.131. The fraction of sp³-hybridized carbons (Fsp3) is 0. The molecular weight excluding hydrogens is 243 g/mol. The summed E-state index contributed by atoms with van der Waals surface area (Å²) in [6, 6.07) is 3.80. The molecule has 0 saturated heterocycles. The second-order valence-corrected chi connectivity index (χ2v) is 3.09. The third-order valence-corrected chi connectivity index (χ3v) is 2.04. The first-order valence-electron chi connectivity index (χ1n) is 3.25. The first kappa shape index (κ1) is 9.85. The number of aliphatic carboxylic acids is 1. The van der Waals surface area contributed by atoms with Crippen molar-refractivity contribution in [2.24, 2.45) is 0 Å². The highest BCUT2D eigenvalue weighted by Gasteiger charge is 2.21. The van der Waals surface area contributed by atoms with Gasteiger partial charge >= 0.3 is 5.97 Å². The van der Waals surface area contributed by atoms with E-state index < -0.39 is 23.1 Å². The normalized spacial score (nSPS) is 9.69. The van der Waals surface area contributed by atoms with Crippen LogP contribution in [0.25, 0.3) is 0 Å². The van der Waals surface area contributed by atoms with Gasteiger partial charge in [0, 0.05) is 4.47 Å². The fourth-order valence-corrected chi connectivity index (χ4v) is 1.34. The molecule has 1 aromatic carbocycles. The van der Waals surface area contributed by atoms with Crippen LogP contribution in [0.2, 0.25) is 0 Å². The van der Waals surface area contributed by atoms with Crippen LogP contribution in [0.1, 0.15) is 10.4 Å². The van der Waals surface area contributed by atoms with Crippen molar-refractivity contribution in [3.8, 4) is 0 Å². The number of carboxylic acids is 1. The van der Waals surface area contributed by atoms with Crippen LogP contribution in [-0.4, -0.2) is 16.9 Å². The van der Waals surface area contributed by atoms with E-state index in [9.17, 15) is 14.0 Å². The minimum Gasteiger partial charge on any atom is -0.475 e. The van der Waals surface area contributed by atoms with Crippen LogP contribution in [0.4, 0.5) is 4.39 Å². The molecule has 0 unspecified atom stereocenters. The van der Waals surface area contributed by atoms with Crippen molar-refractivity contribution in [3.05, 3.63) is 34.1 Å². The third kappa shape index (κ3) is 1.92. The monoisotopic (exact) mass is 246 g/mol. The van der Waals surface area contributed by atoms with Gasteiger partial charge in [0.1, 0.15) is 5.82 Å². The van der Waals surface area contributed by atoms with E-state index in [1.807, 2.05) is 0 Å². The van der Waals surface area contributed by atoms with E-state index in [0.29, 0.717) is 0 Å². The minimum absolute atomic E-state index is 0.139. The molecule has 0 aliphatic heterocycles. The summed E-state index contributed by atoms with van der Waals surface area (Å²) in [5.41, 5.74) is -0.449. The van der Waals surface area contributed by atoms with Gasteiger partial charge in [0.15, 0.2) is 0 Å². The van der Waals surface area contributed by atoms with Crippen molar-refractivity contribution >= 4 is 27.7 Å². The molecule has 0 atom stereocenters.